The van der Waals surface area contributed by atoms with Gasteiger partial charge in [-0.15, -0.1) is 0 Å². The summed E-state index contributed by atoms with van der Waals surface area (Å²) in [6.07, 6.45) is -0.0194. The molecule has 33 heavy (non-hydrogen) atoms. The van der Waals surface area contributed by atoms with Gasteiger partial charge < -0.3 is 4.42 Å². The molecular formula is C29H27FN2O. The Morgan fingerprint density at radius 3 is 2.55 bits per heavy atom. The highest BCUT2D eigenvalue weighted by molar-refractivity contribution is 6.08. The molecule has 0 fully saturated rings. The van der Waals surface area contributed by atoms with Crippen LogP contribution in [0.4, 0.5) is 4.39 Å². The molecule has 0 aliphatic heterocycles. The van der Waals surface area contributed by atoms with Crippen LogP contribution in [0.1, 0.15) is 50.0 Å². The zero-order valence-corrected chi connectivity index (χ0v) is 18.7. The Morgan fingerprint density at radius 2 is 1.79 bits per heavy atom. The summed E-state index contributed by atoms with van der Waals surface area (Å²) in [5, 5.41) is 1.45. The third-order valence-corrected chi connectivity index (χ3v) is 5.44. The molecule has 0 radical (unpaired) electrons. The first-order chi connectivity index (χ1) is 17.8. The van der Waals surface area contributed by atoms with Crippen molar-refractivity contribution in [1.82, 2.24) is 9.97 Å². The average molecular weight is 444 g/mol. The molecule has 3 nitrogen and oxygen atoms in total. The maximum atomic E-state index is 14.8. The second-order valence-corrected chi connectivity index (χ2v) is 9.24. The number of hydrogen-bond donors (Lipinski definition) is 0. The lowest BCUT2D eigenvalue weighted by Gasteiger charge is -2.18. The Bertz CT molecular complexity index is 1650. The van der Waals surface area contributed by atoms with Crippen LogP contribution in [0.3, 0.4) is 0 Å². The zero-order chi connectivity index (χ0) is 27.5. The first-order valence-electron chi connectivity index (χ1n) is 13.3. The molecule has 0 spiro atoms. The number of aryl methyl sites for hydroxylation is 1. The molecule has 0 aliphatic carbocycles. The van der Waals surface area contributed by atoms with E-state index >= 15 is 0 Å². The number of furan rings is 1. The van der Waals surface area contributed by atoms with Crippen molar-refractivity contribution in [1.29, 1.82) is 0 Å². The highest BCUT2D eigenvalue weighted by Gasteiger charge is 2.16. The van der Waals surface area contributed by atoms with Gasteiger partial charge in [0, 0.05) is 35.3 Å². The Morgan fingerprint density at radius 1 is 1.00 bits per heavy atom. The van der Waals surface area contributed by atoms with E-state index in [1.165, 1.54) is 12.3 Å². The van der Waals surface area contributed by atoms with Gasteiger partial charge >= 0.3 is 0 Å². The van der Waals surface area contributed by atoms with Crippen LogP contribution >= 0.6 is 0 Å². The second-order valence-electron chi connectivity index (χ2n) is 9.24. The molecule has 4 heteroatoms. The number of aromatic nitrogens is 2. The number of benzene rings is 2. The van der Waals surface area contributed by atoms with Gasteiger partial charge in [0.1, 0.15) is 11.4 Å². The van der Waals surface area contributed by atoms with Crippen LogP contribution in [-0.4, -0.2) is 9.97 Å². The minimum absolute atomic E-state index is 0.0469. The minimum Gasteiger partial charge on any atom is -0.437 e. The predicted molar refractivity (Wildman–Crippen MR) is 132 cm³/mol. The molecule has 0 atom stereocenters. The summed E-state index contributed by atoms with van der Waals surface area (Å²) < 4.78 is 60.7. The van der Waals surface area contributed by atoms with Crippen molar-refractivity contribution in [3.8, 4) is 11.3 Å². The van der Waals surface area contributed by atoms with Gasteiger partial charge in [-0.1, -0.05) is 57.2 Å². The maximum Gasteiger partial charge on any atom is 0.227 e. The summed E-state index contributed by atoms with van der Waals surface area (Å²) in [6.45, 7) is 3.23. The lowest BCUT2D eigenvalue weighted by atomic mass is 9.88. The number of hydrogen-bond acceptors (Lipinski definition) is 3. The van der Waals surface area contributed by atoms with E-state index in [1.54, 1.807) is 24.3 Å². The molecule has 0 saturated carbocycles. The van der Waals surface area contributed by atoms with Gasteiger partial charge in [-0.3, -0.25) is 4.98 Å². The predicted octanol–water partition coefficient (Wildman–Crippen LogP) is 7.67. The summed E-state index contributed by atoms with van der Waals surface area (Å²) in [5.74, 6) is -0.441. The van der Waals surface area contributed by atoms with E-state index in [-0.39, 0.29) is 11.4 Å². The van der Waals surface area contributed by atoms with Gasteiger partial charge in [-0.05, 0) is 59.6 Å². The van der Waals surface area contributed by atoms with E-state index in [1.807, 2.05) is 51.1 Å². The third-order valence-electron chi connectivity index (χ3n) is 5.44. The second kappa shape index (κ2) is 8.11. The fourth-order valence-electron chi connectivity index (χ4n) is 4.00. The normalized spacial score (nSPS) is 15.1. The SMILES string of the molecule is [2H]C([2H])([2H])c1ccc2c(n1)oc1c(-c3cc(Cc4ccc(C([2H])([2H])C(C)(C)C)cc4)c(F)cn3)cccc12. The molecule has 5 aromatic rings. The van der Waals surface area contributed by atoms with E-state index in [0.717, 1.165) is 10.9 Å². The fourth-order valence-corrected chi connectivity index (χ4v) is 4.00. The highest BCUT2D eigenvalue weighted by atomic mass is 19.1. The largest absolute Gasteiger partial charge is 0.437 e. The Labute approximate surface area is 200 Å². The standard InChI is InChI=1S/C29H27FN2O/c1-18-8-13-23-22-6-5-7-24(27(22)33-28(23)32-18)26-15-21(25(30)17-31-26)14-19-9-11-20(12-10-19)16-29(2,3)4/h5-13,15,17H,14,16H2,1-4H3/i1D3,16D2. The summed E-state index contributed by atoms with van der Waals surface area (Å²) >= 11 is 0. The molecule has 3 heterocycles. The Kier molecular flexibility index (Phi) is 3.97. The number of fused-ring (bicyclic) bond motifs is 3. The topological polar surface area (TPSA) is 38.9 Å². The number of halogens is 1. The van der Waals surface area contributed by atoms with Crippen LogP contribution in [0.5, 0.6) is 0 Å². The van der Waals surface area contributed by atoms with E-state index < -0.39 is 24.5 Å². The molecular weight excluding hydrogens is 411 g/mol. The first kappa shape index (κ1) is 16.1. The van der Waals surface area contributed by atoms with Crippen LogP contribution < -0.4 is 0 Å². The van der Waals surface area contributed by atoms with Crippen molar-refractivity contribution < 1.29 is 15.7 Å². The highest BCUT2D eigenvalue weighted by Crippen LogP contribution is 2.35. The molecule has 0 unspecified atom stereocenters. The van der Waals surface area contributed by atoms with Crippen LogP contribution in [0.2, 0.25) is 0 Å². The summed E-state index contributed by atoms with van der Waals surface area (Å²) in [5.41, 5.74) is 3.13. The third kappa shape index (κ3) is 4.38. The van der Waals surface area contributed by atoms with Crippen LogP contribution in [0.25, 0.3) is 33.3 Å². The van der Waals surface area contributed by atoms with Crippen LogP contribution in [-0.2, 0) is 12.8 Å². The lowest BCUT2D eigenvalue weighted by molar-refractivity contribution is 0.411. The molecule has 166 valence electrons. The van der Waals surface area contributed by atoms with Crippen LogP contribution in [0.15, 0.2) is 71.3 Å². The summed E-state index contributed by atoms with van der Waals surface area (Å²) in [7, 11) is 0. The lowest BCUT2D eigenvalue weighted by Crippen LogP contribution is -2.09. The van der Waals surface area contributed by atoms with Gasteiger partial charge in [0.2, 0.25) is 5.71 Å². The molecule has 0 N–H and O–H groups in total. The number of rotatable bonds is 4. The van der Waals surface area contributed by atoms with E-state index in [2.05, 4.69) is 9.97 Å². The summed E-state index contributed by atoms with van der Waals surface area (Å²) in [4.78, 5) is 8.52. The fraction of sp³-hybridized carbons (Fsp3) is 0.241. The van der Waals surface area contributed by atoms with E-state index in [9.17, 15) is 4.39 Å². The zero-order valence-electron chi connectivity index (χ0n) is 23.7. The van der Waals surface area contributed by atoms with Crippen molar-refractivity contribution in [2.24, 2.45) is 5.41 Å². The minimum atomic E-state index is -2.35. The van der Waals surface area contributed by atoms with Crippen LogP contribution in [0, 0.1) is 18.1 Å². The van der Waals surface area contributed by atoms with Crippen molar-refractivity contribution >= 4 is 22.1 Å². The van der Waals surface area contributed by atoms with Crippen molar-refractivity contribution in [3.63, 3.8) is 0 Å². The molecule has 0 aliphatic rings. The van der Waals surface area contributed by atoms with Gasteiger partial charge in [0.05, 0.1) is 11.9 Å². The van der Waals surface area contributed by atoms with E-state index in [0.29, 0.717) is 39.8 Å². The van der Waals surface area contributed by atoms with Crippen molar-refractivity contribution in [2.45, 2.75) is 40.4 Å². The number of pyridine rings is 2. The summed E-state index contributed by atoms with van der Waals surface area (Å²) in [6, 6.07) is 17.5. The Balaban J connectivity index is 1.51. The van der Waals surface area contributed by atoms with Gasteiger partial charge in [0.15, 0.2) is 0 Å². The maximum absolute atomic E-state index is 14.8. The molecule has 0 bridgehead atoms. The monoisotopic (exact) mass is 443 g/mol. The van der Waals surface area contributed by atoms with Gasteiger partial charge in [-0.25, -0.2) is 9.37 Å². The molecule has 0 saturated heterocycles. The molecule has 5 rings (SSSR count). The average Bonchev–Trinajstić information content (AvgIpc) is 3.23. The molecule has 2 aromatic carbocycles. The number of para-hydroxylation sites is 1. The van der Waals surface area contributed by atoms with Crippen molar-refractivity contribution in [3.05, 3.63) is 95.1 Å². The van der Waals surface area contributed by atoms with Gasteiger partial charge in [0.25, 0.3) is 0 Å². The Hall–Kier alpha value is -3.53. The van der Waals surface area contributed by atoms with Crippen molar-refractivity contribution in [2.75, 3.05) is 0 Å². The molecule has 0 amide bonds. The number of nitrogens with zero attached hydrogens (tertiary/aromatic N) is 2. The first-order valence-corrected chi connectivity index (χ1v) is 10.8. The smallest absolute Gasteiger partial charge is 0.227 e. The molecule has 3 aromatic heterocycles. The van der Waals surface area contributed by atoms with E-state index in [4.69, 9.17) is 11.3 Å². The van der Waals surface area contributed by atoms with Gasteiger partial charge in [-0.2, -0.15) is 0 Å². The quantitative estimate of drug-likeness (QED) is 0.286.